The number of hydrogen-bond donors (Lipinski definition) is 0. The highest BCUT2D eigenvalue weighted by molar-refractivity contribution is 14.1. The van der Waals surface area contributed by atoms with Gasteiger partial charge in [-0.2, -0.15) is 0 Å². The van der Waals surface area contributed by atoms with Gasteiger partial charge in [-0.25, -0.2) is 0 Å². The minimum Gasteiger partial charge on any atom is -0.303 e. The van der Waals surface area contributed by atoms with E-state index in [1.165, 1.54) is 0 Å². The summed E-state index contributed by atoms with van der Waals surface area (Å²) in [5.41, 5.74) is 1.16. The van der Waals surface area contributed by atoms with E-state index in [1.807, 2.05) is 18.2 Å². The van der Waals surface area contributed by atoms with Gasteiger partial charge in [0.2, 0.25) is 0 Å². The monoisotopic (exact) mass is 294 g/mol. The Balaban J connectivity index is 2.75. The Kier molecular flexibility index (Phi) is 4.01. The van der Waals surface area contributed by atoms with E-state index >= 15 is 0 Å². The minimum absolute atomic E-state index is 0.581. The second-order valence-corrected chi connectivity index (χ2v) is 4.02. The zero-order chi connectivity index (χ0) is 8.97. The number of carbonyl (C=O) groups is 1. The van der Waals surface area contributed by atoms with Crippen LogP contribution in [-0.2, 0) is 11.2 Å². The molecule has 0 atom stereocenters. The van der Waals surface area contributed by atoms with Crippen LogP contribution in [0.5, 0.6) is 0 Å². The molecular weight excluding hydrogens is 286 g/mol. The van der Waals surface area contributed by atoms with E-state index in [0.717, 1.165) is 26.9 Å². The maximum absolute atomic E-state index is 10.1. The molecule has 0 aliphatic rings. The number of hydrogen-bond acceptors (Lipinski definition) is 1. The van der Waals surface area contributed by atoms with E-state index in [2.05, 4.69) is 22.6 Å². The molecule has 0 spiro atoms. The van der Waals surface area contributed by atoms with Crippen LogP contribution in [0, 0.1) is 3.57 Å². The normalized spacial score (nSPS) is 9.83. The minimum atomic E-state index is 0.581. The Morgan fingerprint density at radius 3 is 2.83 bits per heavy atom. The summed E-state index contributed by atoms with van der Waals surface area (Å²) < 4.78 is 1.04. The van der Waals surface area contributed by atoms with E-state index < -0.39 is 0 Å². The van der Waals surface area contributed by atoms with Gasteiger partial charge in [0.25, 0.3) is 0 Å². The van der Waals surface area contributed by atoms with Gasteiger partial charge in [-0.1, -0.05) is 17.7 Å². The number of aldehydes is 1. The molecule has 0 N–H and O–H groups in total. The van der Waals surface area contributed by atoms with Crippen molar-refractivity contribution in [3.8, 4) is 0 Å². The predicted octanol–water partition coefficient (Wildman–Crippen LogP) is 3.08. The molecule has 1 nitrogen and oxygen atoms in total. The summed E-state index contributed by atoms with van der Waals surface area (Å²) >= 11 is 8.02. The first-order valence-electron chi connectivity index (χ1n) is 3.61. The van der Waals surface area contributed by atoms with Crippen molar-refractivity contribution in [1.82, 2.24) is 0 Å². The van der Waals surface area contributed by atoms with Crippen molar-refractivity contribution in [2.45, 2.75) is 12.8 Å². The van der Waals surface area contributed by atoms with Crippen LogP contribution in [0.25, 0.3) is 0 Å². The second-order valence-electron chi connectivity index (χ2n) is 2.45. The van der Waals surface area contributed by atoms with Gasteiger partial charge in [0.05, 0.1) is 5.02 Å². The molecule has 1 aromatic carbocycles. The summed E-state index contributed by atoms with van der Waals surface area (Å²) in [5, 5.41) is 0.769. The van der Waals surface area contributed by atoms with Gasteiger partial charge < -0.3 is 4.79 Å². The van der Waals surface area contributed by atoms with Gasteiger partial charge in [-0.15, -0.1) is 0 Å². The van der Waals surface area contributed by atoms with Gasteiger partial charge in [0, 0.05) is 9.99 Å². The number of benzene rings is 1. The predicted molar refractivity (Wildman–Crippen MR) is 58.6 cm³/mol. The molecule has 0 aromatic heterocycles. The first-order chi connectivity index (χ1) is 5.74. The lowest BCUT2D eigenvalue weighted by Crippen LogP contribution is -1.87. The molecule has 0 saturated heterocycles. The van der Waals surface area contributed by atoms with Gasteiger partial charge in [-0.3, -0.25) is 0 Å². The maximum atomic E-state index is 10.1. The number of carbonyl (C=O) groups excluding carboxylic acids is 1. The number of aryl methyl sites for hydroxylation is 1. The highest BCUT2D eigenvalue weighted by atomic mass is 127. The zero-order valence-corrected chi connectivity index (χ0v) is 9.30. The van der Waals surface area contributed by atoms with E-state index in [0.29, 0.717) is 6.42 Å². The highest BCUT2D eigenvalue weighted by Gasteiger charge is 1.97. The third-order valence-electron chi connectivity index (χ3n) is 1.53. The quantitative estimate of drug-likeness (QED) is 0.618. The Morgan fingerprint density at radius 2 is 2.25 bits per heavy atom. The molecule has 0 radical (unpaired) electrons. The Morgan fingerprint density at radius 1 is 1.50 bits per heavy atom. The summed E-state index contributed by atoms with van der Waals surface area (Å²) in [6, 6.07) is 5.82. The maximum Gasteiger partial charge on any atom is 0.120 e. The Labute approximate surface area is 90.3 Å². The number of rotatable bonds is 3. The molecule has 12 heavy (non-hydrogen) atoms. The fourth-order valence-electron chi connectivity index (χ4n) is 0.921. The molecule has 0 amide bonds. The molecule has 0 fully saturated rings. The fraction of sp³-hybridized carbons (Fsp3) is 0.222. The van der Waals surface area contributed by atoms with Crippen molar-refractivity contribution < 1.29 is 4.79 Å². The lowest BCUT2D eigenvalue weighted by Gasteiger charge is -1.99. The summed E-state index contributed by atoms with van der Waals surface area (Å²) in [7, 11) is 0. The molecule has 0 unspecified atom stereocenters. The molecule has 64 valence electrons. The lowest BCUT2D eigenvalue weighted by atomic mass is 10.1. The first kappa shape index (κ1) is 9.99. The SMILES string of the molecule is O=CCCc1ccc(Cl)c(I)c1. The van der Waals surface area contributed by atoms with Crippen molar-refractivity contribution in [3.63, 3.8) is 0 Å². The molecule has 0 aliphatic heterocycles. The van der Waals surface area contributed by atoms with Crippen LogP contribution in [0.2, 0.25) is 5.02 Å². The van der Waals surface area contributed by atoms with E-state index in [4.69, 9.17) is 11.6 Å². The first-order valence-corrected chi connectivity index (χ1v) is 5.07. The fourth-order valence-corrected chi connectivity index (χ4v) is 1.62. The smallest absolute Gasteiger partial charge is 0.120 e. The van der Waals surface area contributed by atoms with Gasteiger partial charge in [0.1, 0.15) is 6.29 Å². The van der Waals surface area contributed by atoms with E-state index in [-0.39, 0.29) is 0 Å². The zero-order valence-electron chi connectivity index (χ0n) is 6.39. The highest BCUT2D eigenvalue weighted by Crippen LogP contribution is 2.19. The molecule has 0 saturated carbocycles. The Hall–Kier alpha value is -0.0900. The van der Waals surface area contributed by atoms with Gasteiger partial charge >= 0.3 is 0 Å². The van der Waals surface area contributed by atoms with Crippen molar-refractivity contribution in [3.05, 3.63) is 32.4 Å². The van der Waals surface area contributed by atoms with Crippen molar-refractivity contribution in [2.75, 3.05) is 0 Å². The largest absolute Gasteiger partial charge is 0.303 e. The van der Waals surface area contributed by atoms with Crippen LogP contribution < -0.4 is 0 Å². The third-order valence-corrected chi connectivity index (χ3v) is 3.08. The average molecular weight is 295 g/mol. The van der Waals surface area contributed by atoms with Crippen molar-refractivity contribution in [2.24, 2.45) is 0 Å². The summed E-state index contributed by atoms with van der Waals surface area (Å²) in [6.45, 7) is 0. The summed E-state index contributed by atoms with van der Waals surface area (Å²) in [4.78, 5) is 10.1. The molecule has 0 bridgehead atoms. The molecule has 1 aromatic rings. The summed E-state index contributed by atoms with van der Waals surface area (Å²) in [6.07, 6.45) is 2.32. The van der Waals surface area contributed by atoms with Crippen LogP contribution in [0.15, 0.2) is 18.2 Å². The van der Waals surface area contributed by atoms with Gasteiger partial charge in [-0.05, 0) is 46.7 Å². The second kappa shape index (κ2) is 4.82. The Bertz CT molecular complexity index is 286. The van der Waals surface area contributed by atoms with Crippen LogP contribution in [-0.4, -0.2) is 6.29 Å². The van der Waals surface area contributed by atoms with Crippen molar-refractivity contribution >= 4 is 40.5 Å². The standard InChI is InChI=1S/C9H8ClIO/c10-8-4-3-7(2-1-5-12)6-9(8)11/h3-6H,1-2H2. The third kappa shape index (κ3) is 2.75. The topological polar surface area (TPSA) is 17.1 Å². The van der Waals surface area contributed by atoms with Crippen LogP contribution >= 0.6 is 34.2 Å². The van der Waals surface area contributed by atoms with Crippen LogP contribution in [0.1, 0.15) is 12.0 Å². The molecule has 0 heterocycles. The molecular formula is C9H8ClIO. The lowest BCUT2D eigenvalue weighted by molar-refractivity contribution is -0.107. The average Bonchev–Trinajstić information content (AvgIpc) is 2.07. The van der Waals surface area contributed by atoms with E-state index in [9.17, 15) is 4.79 Å². The van der Waals surface area contributed by atoms with Gasteiger partial charge in [0.15, 0.2) is 0 Å². The van der Waals surface area contributed by atoms with E-state index in [1.54, 1.807) is 0 Å². The molecule has 0 aliphatic carbocycles. The van der Waals surface area contributed by atoms with Crippen LogP contribution in [0.3, 0.4) is 0 Å². The van der Waals surface area contributed by atoms with Crippen LogP contribution in [0.4, 0.5) is 0 Å². The molecule has 3 heteroatoms. The van der Waals surface area contributed by atoms with Crippen molar-refractivity contribution in [1.29, 1.82) is 0 Å². The number of halogens is 2. The summed E-state index contributed by atoms with van der Waals surface area (Å²) in [5.74, 6) is 0. The molecule has 1 rings (SSSR count).